The van der Waals surface area contributed by atoms with Gasteiger partial charge < -0.3 is 10.6 Å². The second kappa shape index (κ2) is 8.36. The van der Waals surface area contributed by atoms with Gasteiger partial charge in [0.1, 0.15) is 0 Å². The summed E-state index contributed by atoms with van der Waals surface area (Å²) in [7, 11) is 1.96. The summed E-state index contributed by atoms with van der Waals surface area (Å²) in [4.78, 5) is 14.4. The van der Waals surface area contributed by atoms with Gasteiger partial charge in [-0.15, -0.1) is 0 Å². The molecule has 0 aromatic heterocycles. The van der Waals surface area contributed by atoms with Crippen molar-refractivity contribution in [2.24, 2.45) is 5.92 Å². The molecule has 0 saturated carbocycles. The second-order valence-corrected chi connectivity index (χ2v) is 6.17. The number of carbonyl (C=O) groups is 1. The Morgan fingerprint density at radius 2 is 2.00 bits per heavy atom. The van der Waals surface area contributed by atoms with Crippen molar-refractivity contribution in [3.63, 3.8) is 0 Å². The number of carbonyl (C=O) groups excluding carboxylic acids is 1. The molecule has 1 atom stereocenters. The zero-order valence-corrected chi connectivity index (χ0v) is 13.7. The molecule has 1 fully saturated rings. The number of hydrogen-bond acceptors (Lipinski definition) is 3. The maximum atomic E-state index is 13.2. The summed E-state index contributed by atoms with van der Waals surface area (Å²) in [5.41, 5.74) is 0.282. The average molecular weight is 325 g/mol. The van der Waals surface area contributed by atoms with Crippen molar-refractivity contribution in [3.05, 3.63) is 29.8 Å². The number of likely N-dealkylation sites (tertiary alicyclic amines) is 1. The molecule has 1 aromatic carbocycles. The van der Waals surface area contributed by atoms with Crippen LogP contribution in [-0.2, 0) is 4.79 Å². The minimum Gasteiger partial charge on any atom is -0.325 e. The third-order valence-electron chi connectivity index (χ3n) is 4.57. The normalized spacial score (nSPS) is 17.9. The van der Waals surface area contributed by atoms with Crippen LogP contribution in [0, 0.1) is 17.6 Å². The van der Waals surface area contributed by atoms with Crippen LogP contribution < -0.4 is 10.6 Å². The van der Waals surface area contributed by atoms with E-state index in [1.165, 1.54) is 12.5 Å². The molecule has 0 radical (unpaired) electrons. The van der Waals surface area contributed by atoms with E-state index in [4.69, 9.17) is 0 Å². The Balaban J connectivity index is 1.84. The number of nitrogens with one attached hydrogen (secondary N) is 2. The number of amides is 1. The first-order valence-electron chi connectivity index (χ1n) is 8.16. The van der Waals surface area contributed by atoms with Gasteiger partial charge in [0.05, 0.1) is 6.04 Å². The van der Waals surface area contributed by atoms with Gasteiger partial charge in [0, 0.05) is 11.8 Å². The first-order chi connectivity index (χ1) is 11.0. The van der Waals surface area contributed by atoms with Crippen molar-refractivity contribution in [2.75, 3.05) is 32.0 Å². The van der Waals surface area contributed by atoms with E-state index < -0.39 is 11.6 Å². The number of benzene rings is 1. The van der Waals surface area contributed by atoms with Crippen LogP contribution in [0.1, 0.15) is 26.2 Å². The van der Waals surface area contributed by atoms with Crippen molar-refractivity contribution in [2.45, 2.75) is 32.2 Å². The molecule has 1 heterocycles. The van der Waals surface area contributed by atoms with E-state index in [0.717, 1.165) is 44.6 Å². The number of nitrogens with zero attached hydrogens (tertiary/aromatic N) is 1. The monoisotopic (exact) mass is 325 g/mol. The van der Waals surface area contributed by atoms with Crippen molar-refractivity contribution in [1.29, 1.82) is 0 Å². The minimum absolute atomic E-state index is 0.190. The first-order valence-corrected chi connectivity index (χ1v) is 8.16. The number of rotatable bonds is 6. The highest BCUT2D eigenvalue weighted by Gasteiger charge is 2.26. The van der Waals surface area contributed by atoms with Crippen LogP contribution in [0.3, 0.4) is 0 Å². The summed E-state index contributed by atoms with van der Waals surface area (Å²) in [5, 5.41) is 5.82. The maximum Gasteiger partial charge on any atom is 0.241 e. The van der Waals surface area contributed by atoms with Crippen LogP contribution in [-0.4, -0.2) is 43.5 Å². The lowest BCUT2D eigenvalue weighted by molar-refractivity contribution is -0.121. The molecule has 128 valence electrons. The lowest BCUT2D eigenvalue weighted by Crippen LogP contribution is -2.46. The van der Waals surface area contributed by atoms with E-state index in [1.54, 1.807) is 0 Å². The van der Waals surface area contributed by atoms with Crippen LogP contribution >= 0.6 is 0 Å². The fraction of sp³-hybridized carbons (Fsp3) is 0.588. The highest BCUT2D eigenvalue weighted by molar-refractivity contribution is 5.94. The molecule has 2 N–H and O–H groups in total. The van der Waals surface area contributed by atoms with E-state index in [0.29, 0.717) is 5.92 Å². The average Bonchev–Trinajstić information content (AvgIpc) is 2.56. The Bertz CT molecular complexity index is 531. The van der Waals surface area contributed by atoms with Crippen LogP contribution in [0.2, 0.25) is 0 Å². The van der Waals surface area contributed by atoms with E-state index in [1.807, 2.05) is 14.0 Å². The van der Waals surface area contributed by atoms with Crippen molar-refractivity contribution in [1.82, 2.24) is 10.2 Å². The molecule has 4 nitrogen and oxygen atoms in total. The zero-order chi connectivity index (χ0) is 16.8. The second-order valence-electron chi connectivity index (χ2n) is 6.17. The maximum absolute atomic E-state index is 13.2. The predicted octanol–water partition coefficient (Wildman–Crippen LogP) is 2.61. The number of anilines is 1. The summed E-state index contributed by atoms with van der Waals surface area (Å²) < 4.78 is 26.1. The largest absolute Gasteiger partial charge is 0.325 e. The fourth-order valence-corrected chi connectivity index (χ4v) is 2.96. The quantitative estimate of drug-likeness (QED) is 0.845. The summed E-state index contributed by atoms with van der Waals surface area (Å²) in [6.45, 7) is 4.65. The molecule has 1 aliphatic heterocycles. The number of piperidine rings is 1. The standard InChI is InChI=1S/C17H25F2N3O/c1-12(22-9-6-13(7-10-22)5-8-20-2)17(23)21-14-3-4-15(18)16(19)11-14/h3-4,11-13,20H,5-10H2,1-2H3,(H,21,23). The SMILES string of the molecule is CNCCC1CCN(C(C)C(=O)Nc2ccc(F)c(F)c2)CC1. The van der Waals surface area contributed by atoms with Gasteiger partial charge >= 0.3 is 0 Å². The van der Waals surface area contributed by atoms with Gasteiger partial charge in [-0.3, -0.25) is 9.69 Å². The Morgan fingerprint density at radius 1 is 1.30 bits per heavy atom. The van der Waals surface area contributed by atoms with Gasteiger partial charge in [0.15, 0.2) is 11.6 Å². The van der Waals surface area contributed by atoms with Gasteiger partial charge in [-0.2, -0.15) is 0 Å². The molecular weight excluding hydrogens is 300 g/mol. The van der Waals surface area contributed by atoms with Crippen LogP contribution in [0.15, 0.2) is 18.2 Å². The lowest BCUT2D eigenvalue weighted by atomic mass is 9.93. The molecular formula is C17H25F2N3O. The molecule has 1 saturated heterocycles. The molecule has 1 aromatic rings. The topological polar surface area (TPSA) is 44.4 Å². The predicted molar refractivity (Wildman–Crippen MR) is 87.3 cm³/mol. The van der Waals surface area contributed by atoms with Crippen LogP contribution in [0.25, 0.3) is 0 Å². The zero-order valence-electron chi connectivity index (χ0n) is 13.7. The summed E-state index contributed by atoms with van der Waals surface area (Å²) >= 11 is 0. The molecule has 0 aliphatic carbocycles. The third kappa shape index (κ3) is 4.97. The van der Waals surface area contributed by atoms with Crippen molar-refractivity contribution >= 4 is 11.6 Å². The lowest BCUT2D eigenvalue weighted by Gasteiger charge is -2.35. The van der Waals surface area contributed by atoms with Gasteiger partial charge in [0.2, 0.25) is 5.91 Å². The smallest absolute Gasteiger partial charge is 0.241 e. The van der Waals surface area contributed by atoms with E-state index >= 15 is 0 Å². The highest BCUT2D eigenvalue weighted by Crippen LogP contribution is 2.22. The first kappa shape index (κ1) is 17.8. The van der Waals surface area contributed by atoms with Gasteiger partial charge in [-0.25, -0.2) is 8.78 Å². The Hall–Kier alpha value is -1.53. The van der Waals surface area contributed by atoms with Crippen LogP contribution in [0.5, 0.6) is 0 Å². The van der Waals surface area contributed by atoms with Gasteiger partial charge in [-0.1, -0.05) is 0 Å². The summed E-state index contributed by atoms with van der Waals surface area (Å²) in [6, 6.07) is 3.10. The summed E-state index contributed by atoms with van der Waals surface area (Å²) in [6.07, 6.45) is 3.34. The molecule has 1 amide bonds. The van der Waals surface area contributed by atoms with E-state index in [2.05, 4.69) is 15.5 Å². The third-order valence-corrected chi connectivity index (χ3v) is 4.57. The Kier molecular flexibility index (Phi) is 6.47. The fourth-order valence-electron chi connectivity index (χ4n) is 2.96. The molecule has 1 unspecified atom stereocenters. The van der Waals surface area contributed by atoms with Gasteiger partial charge in [0.25, 0.3) is 0 Å². The molecule has 0 bridgehead atoms. The number of hydrogen-bond donors (Lipinski definition) is 2. The molecule has 23 heavy (non-hydrogen) atoms. The van der Waals surface area contributed by atoms with Gasteiger partial charge in [-0.05, 0) is 70.9 Å². The molecule has 6 heteroatoms. The van der Waals surface area contributed by atoms with Crippen molar-refractivity contribution in [3.8, 4) is 0 Å². The summed E-state index contributed by atoms with van der Waals surface area (Å²) in [5.74, 6) is -1.36. The minimum atomic E-state index is -0.958. The molecule has 2 rings (SSSR count). The van der Waals surface area contributed by atoms with E-state index in [9.17, 15) is 13.6 Å². The number of halogens is 2. The molecule has 0 spiro atoms. The molecule has 1 aliphatic rings. The van der Waals surface area contributed by atoms with E-state index in [-0.39, 0.29) is 17.6 Å². The Labute approximate surface area is 136 Å². The van der Waals surface area contributed by atoms with Crippen LogP contribution in [0.4, 0.5) is 14.5 Å². The highest BCUT2D eigenvalue weighted by atomic mass is 19.2. The van der Waals surface area contributed by atoms with Crippen molar-refractivity contribution < 1.29 is 13.6 Å². The Morgan fingerprint density at radius 3 is 2.61 bits per heavy atom.